The molecule has 4 fully saturated rings. The SMILES string of the molecule is CC(C)(C)OC(=O)N1C[C@@H]2CNC[C@H]2C1.O=C(O)N1CC2CNCC2C1. The highest BCUT2D eigenvalue weighted by atomic mass is 16.6. The van der Waals surface area contributed by atoms with E-state index >= 15 is 0 Å². The van der Waals surface area contributed by atoms with E-state index in [1.807, 2.05) is 25.7 Å². The van der Waals surface area contributed by atoms with Gasteiger partial charge in [-0.15, -0.1) is 0 Å². The minimum Gasteiger partial charge on any atom is -0.465 e. The number of fused-ring (bicyclic) bond motifs is 2. The molecule has 0 aromatic rings. The molecule has 4 atom stereocenters. The third-order valence-electron chi connectivity index (χ3n) is 5.70. The molecule has 4 rings (SSSR count). The second kappa shape index (κ2) is 7.60. The first kappa shape index (κ1) is 19.2. The average Bonchev–Trinajstić information content (AvgIpc) is 3.25. The van der Waals surface area contributed by atoms with Crippen LogP contribution in [0, 0.1) is 23.7 Å². The molecule has 0 aromatic carbocycles. The Kier molecular flexibility index (Phi) is 5.62. The third kappa shape index (κ3) is 4.59. The van der Waals surface area contributed by atoms with Crippen LogP contribution in [0.5, 0.6) is 0 Å². The maximum atomic E-state index is 11.8. The van der Waals surface area contributed by atoms with E-state index in [2.05, 4.69) is 10.6 Å². The first-order chi connectivity index (χ1) is 12.2. The number of hydrogen-bond acceptors (Lipinski definition) is 5. The van der Waals surface area contributed by atoms with Crippen molar-refractivity contribution in [3.63, 3.8) is 0 Å². The Labute approximate surface area is 155 Å². The van der Waals surface area contributed by atoms with Crippen LogP contribution in [0.2, 0.25) is 0 Å². The molecule has 0 aliphatic carbocycles. The molecular formula is C18H32N4O4. The van der Waals surface area contributed by atoms with Crippen molar-refractivity contribution in [1.82, 2.24) is 20.4 Å². The first-order valence-electron chi connectivity index (χ1n) is 9.60. The van der Waals surface area contributed by atoms with Crippen LogP contribution >= 0.6 is 0 Å². The smallest absolute Gasteiger partial charge is 0.410 e. The number of nitrogens with zero attached hydrogens (tertiary/aromatic N) is 2. The maximum Gasteiger partial charge on any atom is 0.410 e. The zero-order valence-corrected chi connectivity index (χ0v) is 16.0. The fourth-order valence-electron chi connectivity index (χ4n) is 4.34. The summed E-state index contributed by atoms with van der Waals surface area (Å²) in [7, 11) is 0. The summed E-state index contributed by atoms with van der Waals surface area (Å²) in [6, 6.07) is 0. The van der Waals surface area contributed by atoms with Crippen molar-refractivity contribution < 1.29 is 19.4 Å². The summed E-state index contributed by atoms with van der Waals surface area (Å²) in [5.74, 6) is 2.42. The fourth-order valence-corrected chi connectivity index (χ4v) is 4.34. The van der Waals surface area contributed by atoms with Crippen LogP contribution in [0.4, 0.5) is 9.59 Å². The summed E-state index contributed by atoms with van der Waals surface area (Å²) in [6.45, 7) is 13.0. The quantitative estimate of drug-likeness (QED) is 0.588. The lowest BCUT2D eigenvalue weighted by Gasteiger charge is -2.24. The van der Waals surface area contributed by atoms with Crippen LogP contribution in [-0.2, 0) is 4.74 Å². The molecule has 148 valence electrons. The number of amides is 2. The highest BCUT2D eigenvalue weighted by Gasteiger charge is 2.39. The molecule has 0 radical (unpaired) electrons. The largest absolute Gasteiger partial charge is 0.465 e. The van der Waals surface area contributed by atoms with Gasteiger partial charge in [0, 0.05) is 52.4 Å². The van der Waals surface area contributed by atoms with E-state index in [0.29, 0.717) is 23.7 Å². The van der Waals surface area contributed by atoms with Crippen molar-refractivity contribution in [2.24, 2.45) is 23.7 Å². The summed E-state index contributed by atoms with van der Waals surface area (Å²) in [4.78, 5) is 25.7. The molecule has 0 spiro atoms. The molecule has 26 heavy (non-hydrogen) atoms. The zero-order valence-electron chi connectivity index (χ0n) is 16.0. The van der Waals surface area contributed by atoms with Crippen LogP contribution in [0.3, 0.4) is 0 Å². The molecule has 4 saturated heterocycles. The van der Waals surface area contributed by atoms with Gasteiger partial charge in [-0.1, -0.05) is 0 Å². The van der Waals surface area contributed by atoms with Crippen molar-refractivity contribution in [3.05, 3.63) is 0 Å². The first-order valence-corrected chi connectivity index (χ1v) is 9.60. The predicted octanol–water partition coefficient (Wildman–Crippen LogP) is 0.888. The Morgan fingerprint density at radius 3 is 1.58 bits per heavy atom. The third-order valence-corrected chi connectivity index (χ3v) is 5.70. The van der Waals surface area contributed by atoms with E-state index < -0.39 is 6.09 Å². The van der Waals surface area contributed by atoms with Crippen molar-refractivity contribution >= 4 is 12.2 Å². The Hall–Kier alpha value is -1.54. The summed E-state index contributed by atoms with van der Waals surface area (Å²) < 4.78 is 5.35. The molecule has 2 amide bonds. The van der Waals surface area contributed by atoms with E-state index in [1.54, 1.807) is 0 Å². The van der Waals surface area contributed by atoms with Gasteiger partial charge in [0.1, 0.15) is 5.60 Å². The van der Waals surface area contributed by atoms with Gasteiger partial charge in [0.05, 0.1) is 0 Å². The molecule has 3 N–H and O–H groups in total. The van der Waals surface area contributed by atoms with Crippen LogP contribution in [0.15, 0.2) is 0 Å². The van der Waals surface area contributed by atoms with Gasteiger partial charge in [0.25, 0.3) is 0 Å². The Bertz CT molecular complexity index is 512. The number of carboxylic acid groups (broad SMARTS) is 1. The lowest BCUT2D eigenvalue weighted by molar-refractivity contribution is 0.0281. The molecule has 4 aliphatic heterocycles. The lowest BCUT2D eigenvalue weighted by Crippen LogP contribution is -2.36. The topological polar surface area (TPSA) is 94.1 Å². The van der Waals surface area contributed by atoms with Gasteiger partial charge >= 0.3 is 12.2 Å². The van der Waals surface area contributed by atoms with Crippen molar-refractivity contribution in [3.8, 4) is 0 Å². The highest BCUT2D eigenvalue weighted by molar-refractivity contribution is 5.68. The molecule has 8 nitrogen and oxygen atoms in total. The number of hydrogen-bond donors (Lipinski definition) is 3. The van der Waals surface area contributed by atoms with E-state index in [-0.39, 0.29) is 11.7 Å². The second-order valence-electron chi connectivity index (χ2n) is 8.93. The Morgan fingerprint density at radius 2 is 1.23 bits per heavy atom. The van der Waals surface area contributed by atoms with E-state index in [0.717, 1.165) is 52.4 Å². The number of ether oxygens (including phenoxy) is 1. The molecule has 0 bridgehead atoms. The van der Waals surface area contributed by atoms with E-state index in [9.17, 15) is 9.59 Å². The zero-order chi connectivity index (χ0) is 18.9. The number of carbonyl (C=O) groups excluding carboxylic acids is 1. The van der Waals surface area contributed by atoms with Gasteiger partial charge in [-0.2, -0.15) is 0 Å². The number of rotatable bonds is 0. The van der Waals surface area contributed by atoms with Crippen LogP contribution < -0.4 is 10.6 Å². The van der Waals surface area contributed by atoms with Gasteiger partial charge < -0.3 is 30.3 Å². The average molecular weight is 368 g/mol. The molecule has 2 unspecified atom stereocenters. The van der Waals surface area contributed by atoms with Crippen LogP contribution in [-0.4, -0.2) is 85.1 Å². The number of carbonyl (C=O) groups is 2. The van der Waals surface area contributed by atoms with Crippen LogP contribution in [0.25, 0.3) is 0 Å². The minimum absolute atomic E-state index is 0.156. The normalized spacial score (nSPS) is 32.7. The molecule has 0 aromatic heterocycles. The van der Waals surface area contributed by atoms with Crippen molar-refractivity contribution in [1.29, 1.82) is 0 Å². The van der Waals surface area contributed by atoms with Gasteiger partial charge in [0.2, 0.25) is 0 Å². The van der Waals surface area contributed by atoms with Crippen molar-refractivity contribution in [2.75, 3.05) is 52.4 Å². The van der Waals surface area contributed by atoms with Gasteiger partial charge in [-0.25, -0.2) is 9.59 Å². The van der Waals surface area contributed by atoms with Gasteiger partial charge in [-0.3, -0.25) is 0 Å². The van der Waals surface area contributed by atoms with Gasteiger partial charge in [0.15, 0.2) is 0 Å². The summed E-state index contributed by atoms with van der Waals surface area (Å²) in [6.07, 6.45) is -0.920. The molecule has 4 heterocycles. The number of nitrogens with one attached hydrogen (secondary N) is 2. The minimum atomic E-state index is -0.764. The second-order valence-corrected chi connectivity index (χ2v) is 8.93. The predicted molar refractivity (Wildman–Crippen MR) is 97.1 cm³/mol. The molecule has 0 saturated carbocycles. The summed E-state index contributed by atoms with van der Waals surface area (Å²) >= 11 is 0. The molecule has 4 aliphatic rings. The lowest BCUT2D eigenvalue weighted by atomic mass is 10.0. The van der Waals surface area contributed by atoms with E-state index in [1.165, 1.54) is 4.90 Å². The van der Waals surface area contributed by atoms with Crippen LogP contribution in [0.1, 0.15) is 20.8 Å². The molecule has 8 heteroatoms. The maximum absolute atomic E-state index is 11.8. The fraction of sp³-hybridized carbons (Fsp3) is 0.889. The monoisotopic (exact) mass is 368 g/mol. The van der Waals surface area contributed by atoms with Crippen molar-refractivity contribution in [2.45, 2.75) is 26.4 Å². The molecular weight excluding hydrogens is 336 g/mol. The van der Waals surface area contributed by atoms with E-state index in [4.69, 9.17) is 9.84 Å². The Balaban J connectivity index is 0.000000158. The Morgan fingerprint density at radius 1 is 0.846 bits per heavy atom. The summed E-state index contributed by atoms with van der Waals surface area (Å²) in [5, 5.41) is 15.3. The standard InChI is InChI=1S/C11H20N2O2.C7H12N2O2/c1-11(2,3)15-10(14)13-6-8-4-12-5-9(8)7-13;10-7(11)9-3-5-1-8-2-6(5)4-9/h8-9,12H,4-7H2,1-3H3;5-6,8H,1-4H2,(H,10,11)/t8-,9-;/m0./s1. The summed E-state index contributed by atoms with van der Waals surface area (Å²) in [5.41, 5.74) is -0.382. The highest BCUT2D eigenvalue weighted by Crippen LogP contribution is 2.27. The van der Waals surface area contributed by atoms with Gasteiger partial charge in [-0.05, 0) is 44.4 Å². The number of likely N-dealkylation sites (tertiary alicyclic amines) is 2.